The van der Waals surface area contributed by atoms with E-state index in [9.17, 15) is 0 Å². The molecule has 0 unspecified atom stereocenters. The van der Waals surface area contributed by atoms with Crippen LogP contribution in [0.4, 0.5) is 17.1 Å². The Morgan fingerprint density at radius 1 is 0.317 bits per heavy atom. The summed E-state index contributed by atoms with van der Waals surface area (Å²) in [4.78, 5) is 2.50. The summed E-state index contributed by atoms with van der Waals surface area (Å²) in [6.45, 7) is 0. The van der Waals surface area contributed by atoms with Gasteiger partial charge in [-0.05, 0) is 115 Å². The fourth-order valence-corrected chi connectivity index (χ4v) is 10.8. The standard InChI is InChI=1S/C61H39NO/c1-4-16-40(17-5-1)43-28-33-46(34-29-43)62(47-35-30-44(31-36-47)41-18-6-2-7-19-41)60-58-51-38-45(42-20-8-3-9-21-42)32-37-54(51)61(52-25-13-10-22-48(52)49-23-11-14-26-53(49)61)55(58)39-57-59(60)50-24-12-15-27-56(50)63-57/h1-39H. The van der Waals surface area contributed by atoms with E-state index in [0.717, 1.165) is 39.0 Å². The van der Waals surface area contributed by atoms with E-state index in [2.05, 4.69) is 241 Å². The third-order valence-corrected chi connectivity index (χ3v) is 13.5. The minimum Gasteiger partial charge on any atom is -0.456 e. The van der Waals surface area contributed by atoms with Gasteiger partial charge in [0.2, 0.25) is 0 Å². The average Bonchev–Trinajstić information content (AvgIpc) is 3.99. The summed E-state index contributed by atoms with van der Waals surface area (Å²) in [5.41, 5.74) is 21.6. The van der Waals surface area contributed by atoms with Gasteiger partial charge in [0.25, 0.3) is 0 Å². The maximum Gasteiger partial charge on any atom is 0.137 e. The van der Waals surface area contributed by atoms with Crippen molar-refractivity contribution >= 4 is 39.0 Å². The lowest BCUT2D eigenvalue weighted by atomic mass is 9.70. The number of nitrogens with zero attached hydrogens (tertiary/aromatic N) is 1. The van der Waals surface area contributed by atoms with Gasteiger partial charge in [-0.15, -0.1) is 0 Å². The van der Waals surface area contributed by atoms with Gasteiger partial charge >= 0.3 is 0 Å². The van der Waals surface area contributed by atoms with Gasteiger partial charge in [0.05, 0.1) is 16.5 Å². The second-order valence-corrected chi connectivity index (χ2v) is 16.7. The maximum absolute atomic E-state index is 7.04. The molecule has 2 aliphatic rings. The molecule has 294 valence electrons. The van der Waals surface area contributed by atoms with Crippen molar-refractivity contribution in [3.05, 3.63) is 259 Å². The summed E-state index contributed by atoms with van der Waals surface area (Å²) in [5, 5.41) is 2.18. The molecule has 0 saturated heterocycles. The molecule has 0 radical (unpaired) electrons. The first kappa shape index (κ1) is 35.5. The van der Waals surface area contributed by atoms with E-state index in [1.165, 1.54) is 77.9 Å². The molecule has 63 heavy (non-hydrogen) atoms. The third-order valence-electron chi connectivity index (χ3n) is 13.5. The fourth-order valence-electron chi connectivity index (χ4n) is 10.8. The Bertz CT molecular complexity index is 3400. The van der Waals surface area contributed by atoms with Crippen LogP contribution in [0.2, 0.25) is 0 Å². The predicted molar refractivity (Wildman–Crippen MR) is 261 cm³/mol. The molecule has 0 saturated carbocycles. The second-order valence-electron chi connectivity index (χ2n) is 16.7. The summed E-state index contributed by atoms with van der Waals surface area (Å²) in [7, 11) is 0. The zero-order valence-electron chi connectivity index (χ0n) is 34.4. The number of hydrogen-bond acceptors (Lipinski definition) is 2. The summed E-state index contributed by atoms with van der Waals surface area (Å²) < 4.78 is 7.04. The van der Waals surface area contributed by atoms with Crippen LogP contribution >= 0.6 is 0 Å². The van der Waals surface area contributed by atoms with E-state index < -0.39 is 5.41 Å². The Kier molecular flexibility index (Phi) is 7.85. The molecule has 0 aliphatic heterocycles. The highest BCUT2D eigenvalue weighted by atomic mass is 16.3. The van der Waals surface area contributed by atoms with Crippen molar-refractivity contribution in [3.8, 4) is 55.6 Å². The molecule has 1 spiro atoms. The number of hydrogen-bond donors (Lipinski definition) is 0. The fraction of sp³-hybridized carbons (Fsp3) is 0.0164. The van der Waals surface area contributed by atoms with Gasteiger partial charge in [-0.3, -0.25) is 0 Å². The lowest BCUT2D eigenvalue weighted by Gasteiger charge is -2.32. The molecule has 0 fully saturated rings. The third kappa shape index (κ3) is 5.25. The molecule has 1 heterocycles. The maximum atomic E-state index is 7.04. The zero-order valence-corrected chi connectivity index (χ0v) is 34.4. The Labute approximate surface area is 366 Å². The molecule has 0 amide bonds. The van der Waals surface area contributed by atoms with Crippen LogP contribution in [0.1, 0.15) is 22.3 Å². The number of anilines is 3. The van der Waals surface area contributed by atoms with Crippen molar-refractivity contribution in [3.63, 3.8) is 0 Å². The average molecular weight is 802 g/mol. The van der Waals surface area contributed by atoms with Crippen LogP contribution in [0.15, 0.2) is 241 Å². The molecule has 1 aromatic heterocycles. The van der Waals surface area contributed by atoms with Gasteiger partial charge in [0, 0.05) is 22.3 Å². The molecule has 0 N–H and O–H groups in total. The summed E-state index contributed by atoms with van der Waals surface area (Å²) in [6, 6.07) is 86.4. The first-order chi connectivity index (χ1) is 31.3. The lowest BCUT2D eigenvalue weighted by molar-refractivity contribution is 0.666. The molecule has 2 nitrogen and oxygen atoms in total. The Hall–Kier alpha value is -8.20. The monoisotopic (exact) mass is 801 g/mol. The number of fused-ring (bicyclic) bond motifs is 13. The van der Waals surface area contributed by atoms with E-state index in [1.807, 2.05) is 0 Å². The molecule has 10 aromatic carbocycles. The van der Waals surface area contributed by atoms with Crippen LogP contribution < -0.4 is 4.90 Å². The summed E-state index contributed by atoms with van der Waals surface area (Å²) in [6.07, 6.45) is 0. The van der Waals surface area contributed by atoms with Crippen LogP contribution in [-0.2, 0) is 5.41 Å². The summed E-state index contributed by atoms with van der Waals surface area (Å²) >= 11 is 0. The van der Waals surface area contributed by atoms with E-state index in [4.69, 9.17) is 4.42 Å². The van der Waals surface area contributed by atoms with Gasteiger partial charge in [-0.25, -0.2) is 0 Å². The number of furan rings is 1. The zero-order chi connectivity index (χ0) is 41.5. The Morgan fingerprint density at radius 3 is 1.33 bits per heavy atom. The highest BCUT2D eigenvalue weighted by Gasteiger charge is 2.53. The van der Waals surface area contributed by atoms with Gasteiger partial charge in [-0.1, -0.05) is 194 Å². The van der Waals surface area contributed by atoms with Crippen LogP contribution in [0, 0.1) is 0 Å². The van der Waals surface area contributed by atoms with Crippen molar-refractivity contribution < 1.29 is 4.42 Å². The molecule has 13 rings (SSSR count). The number of rotatable bonds is 6. The first-order valence-corrected chi connectivity index (χ1v) is 21.8. The van der Waals surface area contributed by atoms with Crippen LogP contribution in [0.25, 0.3) is 77.6 Å². The molecule has 2 aliphatic carbocycles. The molecule has 0 bridgehead atoms. The van der Waals surface area contributed by atoms with Crippen LogP contribution in [0.3, 0.4) is 0 Å². The van der Waals surface area contributed by atoms with Gasteiger partial charge < -0.3 is 9.32 Å². The molecule has 11 aromatic rings. The van der Waals surface area contributed by atoms with Crippen molar-refractivity contribution in [2.24, 2.45) is 0 Å². The van der Waals surface area contributed by atoms with E-state index in [1.54, 1.807) is 0 Å². The van der Waals surface area contributed by atoms with E-state index >= 15 is 0 Å². The smallest absolute Gasteiger partial charge is 0.137 e. The molecule has 2 heteroatoms. The van der Waals surface area contributed by atoms with Crippen LogP contribution in [0.5, 0.6) is 0 Å². The number of para-hydroxylation sites is 1. The second kappa shape index (κ2) is 13.9. The SMILES string of the molecule is c1ccc(-c2ccc(N(c3ccc(-c4ccccc4)cc3)c3c4c(cc5oc6ccccc6c35)C3(c5ccccc5-c5ccccc53)c3ccc(-c5ccccc5)cc3-4)cc2)cc1. The van der Waals surface area contributed by atoms with Gasteiger partial charge in [0.1, 0.15) is 11.2 Å². The lowest BCUT2D eigenvalue weighted by Crippen LogP contribution is -2.26. The minimum atomic E-state index is -0.588. The highest BCUT2D eigenvalue weighted by Crippen LogP contribution is 2.66. The van der Waals surface area contributed by atoms with E-state index in [-0.39, 0.29) is 0 Å². The first-order valence-electron chi connectivity index (χ1n) is 21.8. The van der Waals surface area contributed by atoms with Crippen LogP contribution in [-0.4, -0.2) is 0 Å². The predicted octanol–water partition coefficient (Wildman–Crippen LogP) is 16.4. The molecular formula is C61H39NO. The Morgan fingerprint density at radius 2 is 0.762 bits per heavy atom. The normalized spacial score (nSPS) is 12.9. The Balaban J connectivity index is 1.18. The van der Waals surface area contributed by atoms with E-state index in [0.29, 0.717) is 0 Å². The minimum absolute atomic E-state index is 0.588. The number of benzene rings is 10. The topological polar surface area (TPSA) is 16.4 Å². The molecular weight excluding hydrogens is 763 g/mol. The van der Waals surface area contributed by atoms with Crippen molar-refractivity contribution in [2.45, 2.75) is 5.41 Å². The molecule has 0 atom stereocenters. The quantitative estimate of drug-likeness (QED) is 0.167. The van der Waals surface area contributed by atoms with Crippen molar-refractivity contribution in [1.29, 1.82) is 0 Å². The van der Waals surface area contributed by atoms with Gasteiger partial charge in [-0.2, -0.15) is 0 Å². The van der Waals surface area contributed by atoms with Crippen molar-refractivity contribution in [2.75, 3.05) is 4.90 Å². The summed E-state index contributed by atoms with van der Waals surface area (Å²) in [5.74, 6) is 0. The largest absolute Gasteiger partial charge is 0.456 e. The van der Waals surface area contributed by atoms with Gasteiger partial charge in [0.15, 0.2) is 0 Å². The van der Waals surface area contributed by atoms with Crippen molar-refractivity contribution in [1.82, 2.24) is 0 Å². The highest BCUT2D eigenvalue weighted by molar-refractivity contribution is 6.20.